The number of benzene rings is 1. The highest BCUT2D eigenvalue weighted by atomic mass is 32.1. The molecule has 0 atom stereocenters. The van der Waals surface area contributed by atoms with Gasteiger partial charge in [0.05, 0.1) is 20.7 Å². The van der Waals surface area contributed by atoms with Crippen LogP contribution in [0.15, 0.2) is 24.8 Å². The lowest BCUT2D eigenvalue weighted by atomic mass is 9.99. The van der Waals surface area contributed by atoms with Crippen LogP contribution in [-0.4, -0.2) is 39.1 Å². The first-order chi connectivity index (χ1) is 13.0. The summed E-state index contributed by atoms with van der Waals surface area (Å²) in [7, 11) is 0.00737. The van der Waals surface area contributed by atoms with Crippen LogP contribution in [0.5, 0.6) is 5.75 Å². The molecular weight excluding hydrogens is 382 g/mol. The van der Waals surface area contributed by atoms with E-state index in [9.17, 15) is 4.79 Å². The van der Waals surface area contributed by atoms with Crippen LogP contribution in [0.1, 0.15) is 50.5 Å². The minimum Gasteiger partial charge on any atom is -0.495 e. The fourth-order valence-corrected chi connectivity index (χ4v) is 7.70. The molecule has 0 saturated heterocycles. The first-order valence-electron chi connectivity index (χ1n) is 10.1. The molecule has 0 saturated carbocycles. The van der Waals surface area contributed by atoms with Crippen molar-refractivity contribution in [2.75, 3.05) is 20.2 Å². The van der Waals surface area contributed by atoms with Gasteiger partial charge in [0.2, 0.25) is 0 Å². The van der Waals surface area contributed by atoms with Crippen molar-refractivity contribution in [3.63, 3.8) is 0 Å². The molecule has 0 N–H and O–H groups in total. The Morgan fingerprint density at radius 2 is 1.86 bits per heavy atom. The van der Waals surface area contributed by atoms with Gasteiger partial charge >= 0.3 is 0 Å². The summed E-state index contributed by atoms with van der Waals surface area (Å²) >= 11 is 1.86. The number of allylic oxidation sites excluding steroid dienone is 1. The van der Waals surface area contributed by atoms with Crippen molar-refractivity contribution >= 4 is 39.9 Å². The average molecular weight is 418 g/mol. The maximum Gasteiger partial charge on any atom is 0.257 e. The Morgan fingerprint density at radius 3 is 2.32 bits per heavy atom. The lowest BCUT2D eigenvalue weighted by molar-refractivity contribution is 0.0769. The molecule has 2 aromatic rings. The molecule has 1 heterocycles. The fourth-order valence-electron chi connectivity index (χ4n) is 3.31. The number of carbonyl (C=O) groups excluding carboxylic acids is 1. The van der Waals surface area contributed by atoms with Crippen LogP contribution in [0.25, 0.3) is 10.1 Å². The molecular formula is C23H35NO2SSi. The second-order valence-corrected chi connectivity index (χ2v) is 15.5. The summed E-state index contributed by atoms with van der Waals surface area (Å²) in [6.07, 6.45) is 2.52. The summed E-state index contributed by atoms with van der Waals surface area (Å²) in [6.45, 7) is 21.1. The van der Waals surface area contributed by atoms with E-state index in [-0.39, 0.29) is 10.9 Å². The van der Waals surface area contributed by atoms with Crippen LogP contribution in [-0.2, 0) is 6.42 Å². The zero-order chi connectivity index (χ0) is 21.3. The second-order valence-electron chi connectivity index (χ2n) is 8.81. The quantitative estimate of drug-likeness (QED) is 0.418. The van der Waals surface area contributed by atoms with Gasteiger partial charge in [0, 0.05) is 23.2 Å². The third kappa shape index (κ3) is 3.92. The maximum absolute atomic E-state index is 13.3. The third-order valence-corrected chi connectivity index (χ3v) is 14.0. The number of ether oxygens (including phenoxy) is 1. The third-order valence-electron chi connectivity index (χ3n) is 6.18. The number of hydrogen-bond acceptors (Lipinski definition) is 3. The molecule has 5 heteroatoms. The lowest BCUT2D eigenvalue weighted by Gasteiger charge is -2.35. The average Bonchev–Trinajstić information content (AvgIpc) is 3.05. The van der Waals surface area contributed by atoms with Gasteiger partial charge in [0.1, 0.15) is 5.75 Å². The SMILES string of the molecule is C=CCc1cc2sc([Si](C)(C)C(C)(C)C)cc2c(OC)c1C(=O)N(CC)CC. The van der Waals surface area contributed by atoms with Crippen LogP contribution in [0.2, 0.25) is 18.1 Å². The van der Waals surface area contributed by atoms with Gasteiger partial charge in [0.25, 0.3) is 5.91 Å². The van der Waals surface area contributed by atoms with Crippen molar-refractivity contribution in [2.24, 2.45) is 0 Å². The molecule has 0 aliphatic carbocycles. The Balaban J connectivity index is 2.81. The fraction of sp³-hybridized carbons (Fsp3) is 0.522. The molecule has 0 fully saturated rings. The van der Waals surface area contributed by atoms with Gasteiger partial charge in [-0.25, -0.2) is 0 Å². The molecule has 0 aliphatic rings. The van der Waals surface area contributed by atoms with Crippen LogP contribution in [0, 0.1) is 0 Å². The number of hydrogen-bond donors (Lipinski definition) is 0. The standard InChI is InChI=1S/C23H35NO2SSi/c1-10-13-16-14-18-17(15-19(27-18)28(8,9)23(4,5)6)21(26-7)20(16)22(25)24(11-2)12-3/h10,14-15H,1,11-13H2,2-9H3. The van der Waals surface area contributed by atoms with E-state index in [0.717, 1.165) is 10.9 Å². The Morgan fingerprint density at radius 1 is 1.25 bits per heavy atom. The molecule has 0 aliphatic heterocycles. The lowest BCUT2D eigenvalue weighted by Crippen LogP contribution is -2.47. The van der Waals surface area contributed by atoms with Crippen LogP contribution in [0.4, 0.5) is 0 Å². The number of rotatable bonds is 7. The van der Waals surface area contributed by atoms with Gasteiger partial charge < -0.3 is 9.64 Å². The van der Waals surface area contributed by atoms with Gasteiger partial charge in [-0.05, 0) is 47.5 Å². The summed E-state index contributed by atoms with van der Waals surface area (Å²) in [4.78, 5) is 15.2. The topological polar surface area (TPSA) is 29.5 Å². The van der Waals surface area contributed by atoms with Gasteiger partial charge in [-0.1, -0.05) is 39.9 Å². The number of nitrogens with zero attached hydrogens (tertiary/aromatic N) is 1. The predicted octanol–water partition coefficient (Wildman–Crippen LogP) is 5.84. The van der Waals surface area contributed by atoms with Gasteiger partial charge in [-0.2, -0.15) is 0 Å². The molecule has 2 rings (SSSR count). The van der Waals surface area contributed by atoms with E-state index in [2.05, 4.69) is 52.6 Å². The molecule has 0 spiro atoms. The van der Waals surface area contributed by atoms with Crippen molar-refractivity contribution in [1.29, 1.82) is 0 Å². The maximum atomic E-state index is 13.3. The number of amides is 1. The minimum atomic E-state index is -1.67. The Hall–Kier alpha value is -1.59. The van der Waals surface area contributed by atoms with Gasteiger partial charge in [0.15, 0.2) is 0 Å². The number of methoxy groups -OCH3 is 1. The molecule has 1 aromatic carbocycles. The number of thiophene rings is 1. The van der Waals surface area contributed by atoms with Crippen LogP contribution < -0.4 is 9.24 Å². The zero-order valence-corrected chi connectivity index (χ0v) is 20.5. The van der Waals surface area contributed by atoms with E-state index in [0.29, 0.717) is 30.8 Å². The zero-order valence-electron chi connectivity index (χ0n) is 18.7. The second kappa shape index (κ2) is 8.42. The molecule has 1 amide bonds. The normalized spacial score (nSPS) is 12.3. The van der Waals surface area contributed by atoms with Crippen molar-refractivity contribution in [3.05, 3.63) is 35.9 Å². The summed E-state index contributed by atoms with van der Waals surface area (Å²) < 4.78 is 8.51. The number of fused-ring (bicyclic) bond motifs is 1. The number of carbonyl (C=O) groups is 1. The Labute approximate surface area is 175 Å². The minimum absolute atomic E-state index is 0.0423. The molecule has 0 radical (unpaired) electrons. The Bertz CT molecular complexity index is 873. The first kappa shape index (κ1) is 22.7. The van der Waals surface area contributed by atoms with Crippen molar-refractivity contribution in [1.82, 2.24) is 4.90 Å². The molecule has 1 aromatic heterocycles. The monoisotopic (exact) mass is 417 g/mol. The van der Waals surface area contributed by atoms with E-state index in [1.807, 2.05) is 36.2 Å². The molecule has 154 valence electrons. The molecule has 28 heavy (non-hydrogen) atoms. The van der Waals surface area contributed by atoms with Gasteiger partial charge in [-0.15, -0.1) is 17.9 Å². The van der Waals surface area contributed by atoms with Crippen molar-refractivity contribution < 1.29 is 9.53 Å². The molecule has 3 nitrogen and oxygen atoms in total. The largest absolute Gasteiger partial charge is 0.495 e. The first-order valence-corrected chi connectivity index (χ1v) is 13.9. The summed E-state index contributed by atoms with van der Waals surface area (Å²) in [6, 6.07) is 4.46. The van der Waals surface area contributed by atoms with E-state index in [4.69, 9.17) is 4.74 Å². The smallest absolute Gasteiger partial charge is 0.257 e. The molecule has 0 bridgehead atoms. The predicted molar refractivity (Wildman–Crippen MR) is 126 cm³/mol. The van der Waals surface area contributed by atoms with Gasteiger partial charge in [-0.3, -0.25) is 4.79 Å². The van der Waals surface area contributed by atoms with Crippen molar-refractivity contribution in [3.8, 4) is 5.75 Å². The summed E-state index contributed by atoms with van der Waals surface area (Å²) in [5.74, 6) is 0.758. The summed E-state index contributed by atoms with van der Waals surface area (Å²) in [5.41, 5.74) is 1.69. The van der Waals surface area contributed by atoms with E-state index < -0.39 is 8.07 Å². The highest BCUT2D eigenvalue weighted by Crippen LogP contribution is 2.41. The van der Waals surface area contributed by atoms with E-state index in [1.165, 1.54) is 9.20 Å². The van der Waals surface area contributed by atoms with Crippen LogP contribution in [0.3, 0.4) is 0 Å². The summed E-state index contributed by atoms with van der Waals surface area (Å²) in [5, 5.41) is 1.32. The van der Waals surface area contributed by atoms with E-state index in [1.54, 1.807) is 7.11 Å². The highest BCUT2D eigenvalue weighted by Gasteiger charge is 2.38. The van der Waals surface area contributed by atoms with Crippen molar-refractivity contribution in [2.45, 2.75) is 59.2 Å². The molecule has 0 unspecified atom stereocenters. The van der Waals surface area contributed by atoms with E-state index >= 15 is 0 Å². The Kier molecular flexibility index (Phi) is 6.82. The van der Waals surface area contributed by atoms with Crippen LogP contribution >= 0.6 is 11.3 Å². The highest BCUT2D eigenvalue weighted by molar-refractivity contribution is 7.32.